The second-order valence-corrected chi connectivity index (χ2v) is 5.87. The normalized spacial score (nSPS) is 16.1. The van der Waals surface area contributed by atoms with E-state index in [4.69, 9.17) is 5.73 Å². The summed E-state index contributed by atoms with van der Waals surface area (Å²) in [5.74, 6) is 0. The standard InChI is InChI=1S/C14H21NS/c15-11-4-3-7-12-6-1-2-10-14(12)16-13-8-5-9-13/h1-2,6,10,13H,3-5,7-9,11,15H2. The Morgan fingerprint density at radius 2 is 2.00 bits per heavy atom. The van der Waals surface area contributed by atoms with Crippen molar-refractivity contribution in [3.05, 3.63) is 29.8 Å². The molecule has 0 saturated heterocycles. The number of aryl methyl sites for hydroxylation is 1. The third kappa shape index (κ3) is 3.26. The summed E-state index contributed by atoms with van der Waals surface area (Å²) >= 11 is 2.08. The third-order valence-electron chi connectivity index (χ3n) is 3.22. The first-order chi connectivity index (χ1) is 7.90. The number of thioether (sulfide) groups is 1. The maximum atomic E-state index is 5.54. The maximum absolute atomic E-state index is 5.54. The van der Waals surface area contributed by atoms with Crippen LogP contribution in [0.2, 0.25) is 0 Å². The lowest BCUT2D eigenvalue weighted by Gasteiger charge is -2.25. The van der Waals surface area contributed by atoms with Gasteiger partial charge in [-0.15, -0.1) is 11.8 Å². The van der Waals surface area contributed by atoms with E-state index in [1.807, 2.05) is 0 Å². The van der Waals surface area contributed by atoms with E-state index in [9.17, 15) is 0 Å². The van der Waals surface area contributed by atoms with Gasteiger partial charge in [0.2, 0.25) is 0 Å². The maximum Gasteiger partial charge on any atom is 0.0107 e. The molecule has 1 aromatic rings. The number of hydrogen-bond donors (Lipinski definition) is 1. The number of nitrogens with two attached hydrogens (primary N) is 1. The van der Waals surface area contributed by atoms with Crippen molar-refractivity contribution in [1.82, 2.24) is 0 Å². The molecule has 1 nitrogen and oxygen atoms in total. The Morgan fingerprint density at radius 3 is 2.69 bits per heavy atom. The molecule has 1 aliphatic carbocycles. The van der Waals surface area contributed by atoms with Gasteiger partial charge in [-0.05, 0) is 50.3 Å². The summed E-state index contributed by atoms with van der Waals surface area (Å²) in [5, 5.41) is 0.885. The van der Waals surface area contributed by atoms with E-state index in [0.717, 1.165) is 18.2 Å². The molecule has 1 saturated carbocycles. The topological polar surface area (TPSA) is 26.0 Å². The monoisotopic (exact) mass is 235 g/mol. The molecular weight excluding hydrogens is 214 g/mol. The van der Waals surface area contributed by atoms with E-state index in [1.165, 1.54) is 42.6 Å². The summed E-state index contributed by atoms with van der Waals surface area (Å²) in [4.78, 5) is 1.50. The van der Waals surface area contributed by atoms with E-state index in [0.29, 0.717) is 0 Å². The highest BCUT2D eigenvalue weighted by molar-refractivity contribution is 8.00. The third-order valence-corrected chi connectivity index (χ3v) is 4.68. The summed E-state index contributed by atoms with van der Waals surface area (Å²) in [6, 6.07) is 8.87. The lowest BCUT2D eigenvalue weighted by Crippen LogP contribution is -2.13. The first kappa shape index (κ1) is 12.0. The van der Waals surface area contributed by atoms with Crippen LogP contribution in [0, 0.1) is 0 Å². The van der Waals surface area contributed by atoms with Gasteiger partial charge in [-0.1, -0.05) is 24.6 Å². The second kappa shape index (κ2) is 6.31. The average molecular weight is 235 g/mol. The number of hydrogen-bond acceptors (Lipinski definition) is 2. The fourth-order valence-electron chi connectivity index (χ4n) is 1.95. The Labute approximate surface area is 103 Å². The van der Waals surface area contributed by atoms with Crippen molar-refractivity contribution < 1.29 is 0 Å². The fourth-order valence-corrected chi connectivity index (χ4v) is 3.36. The largest absolute Gasteiger partial charge is 0.330 e. The van der Waals surface area contributed by atoms with Gasteiger partial charge in [-0.3, -0.25) is 0 Å². The van der Waals surface area contributed by atoms with E-state index >= 15 is 0 Å². The molecule has 2 rings (SSSR count). The van der Waals surface area contributed by atoms with Crippen molar-refractivity contribution >= 4 is 11.8 Å². The van der Waals surface area contributed by atoms with Crippen LogP contribution in [0.5, 0.6) is 0 Å². The van der Waals surface area contributed by atoms with Crippen molar-refractivity contribution in [1.29, 1.82) is 0 Å². The minimum Gasteiger partial charge on any atom is -0.330 e. The number of rotatable bonds is 6. The van der Waals surface area contributed by atoms with Gasteiger partial charge >= 0.3 is 0 Å². The summed E-state index contributed by atoms with van der Waals surface area (Å²) in [6.07, 6.45) is 7.78. The molecule has 0 radical (unpaired) electrons. The zero-order valence-electron chi connectivity index (χ0n) is 9.82. The fraction of sp³-hybridized carbons (Fsp3) is 0.571. The summed E-state index contributed by atoms with van der Waals surface area (Å²) < 4.78 is 0. The van der Waals surface area contributed by atoms with Crippen LogP contribution < -0.4 is 5.73 Å². The van der Waals surface area contributed by atoms with Crippen molar-refractivity contribution in [3.8, 4) is 0 Å². The minimum absolute atomic E-state index is 0.817. The molecule has 0 bridgehead atoms. The highest BCUT2D eigenvalue weighted by Crippen LogP contribution is 2.38. The van der Waals surface area contributed by atoms with Gasteiger partial charge in [0.1, 0.15) is 0 Å². The summed E-state index contributed by atoms with van der Waals surface area (Å²) in [5.41, 5.74) is 7.06. The quantitative estimate of drug-likeness (QED) is 0.762. The van der Waals surface area contributed by atoms with Crippen LogP contribution in [0.4, 0.5) is 0 Å². The Bertz CT molecular complexity index is 320. The van der Waals surface area contributed by atoms with Gasteiger partial charge in [-0.2, -0.15) is 0 Å². The van der Waals surface area contributed by atoms with Gasteiger partial charge < -0.3 is 5.73 Å². The van der Waals surface area contributed by atoms with Crippen LogP contribution in [0.1, 0.15) is 37.7 Å². The molecule has 1 fully saturated rings. The van der Waals surface area contributed by atoms with E-state index in [-0.39, 0.29) is 0 Å². The lowest BCUT2D eigenvalue weighted by molar-refractivity contribution is 0.522. The molecule has 0 heterocycles. The van der Waals surface area contributed by atoms with E-state index in [1.54, 1.807) is 0 Å². The Balaban J connectivity index is 1.92. The van der Waals surface area contributed by atoms with Crippen LogP contribution in [-0.2, 0) is 6.42 Å². The molecule has 2 heteroatoms. The Hall–Kier alpha value is -0.470. The number of unbranched alkanes of at least 4 members (excludes halogenated alkanes) is 1. The van der Waals surface area contributed by atoms with Gasteiger partial charge in [0.15, 0.2) is 0 Å². The zero-order valence-corrected chi connectivity index (χ0v) is 10.6. The first-order valence-electron chi connectivity index (χ1n) is 6.35. The number of benzene rings is 1. The summed E-state index contributed by atoms with van der Waals surface area (Å²) in [6.45, 7) is 0.817. The van der Waals surface area contributed by atoms with Crippen molar-refractivity contribution in [2.75, 3.05) is 6.54 Å². The van der Waals surface area contributed by atoms with Gasteiger partial charge in [0, 0.05) is 10.1 Å². The highest BCUT2D eigenvalue weighted by Gasteiger charge is 2.19. The van der Waals surface area contributed by atoms with Crippen LogP contribution in [0.3, 0.4) is 0 Å². The Kier molecular flexibility index (Phi) is 4.73. The lowest BCUT2D eigenvalue weighted by atomic mass is 10.00. The zero-order chi connectivity index (χ0) is 11.2. The smallest absolute Gasteiger partial charge is 0.0107 e. The van der Waals surface area contributed by atoms with Gasteiger partial charge in [0.05, 0.1) is 0 Å². The van der Waals surface area contributed by atoms with Crippen LogP contribution in [0.25, 0.3) is 0 Å². The first-order valence-corrected chi connectivity index (χ1v) is 7.23. The predicted molar refractivity (Wildman–Crippen MR) is 71.9 cm³/mol. The van der Waals surface area contributed by atoms with Gasteiger partial charge in [0.25, 0.3) is 0 Å². The van der Waals surface area contributed by atoms with Crippen molar-refractivity contribution in [2.45, 2.75) is 48.7 Å². The second-order valence-electron chi connectivity index (χ2n) is 4.52. The molecular formula is C14H21NS. The van der Waals surface area contributed by atoms with Crippen LogP contribution in [0.15, 0.2) is 29.2 Å². The molecule has 0 aliphatic heterocycles. The Morgan fingerprint density at radius 1 is 1.19 bits per heavy atom. The molecule has 1 aliphatic rings. The summed E-state index contributed by atoms with van der Waals surface area (Å²) in [7, 11) is 0. The average Bonchev–Trinajstić information content (AvgIpc) is 2.25. The molecule has 0 atom stereocenters. The van der Waals surface area contributed by atoms with Crippen LogP contribution >= 0.6 is 11.8 Å². The van der Waals surface area contributed by atoms with Crippen molar-refractivity contribution in [3.63, 3.8) is 0 Å². The van der Waals surface area contributed by atoms with E-state index in [2.05, 4.69) is 36.0 Å². The SMILES string of the molecule is NCCCCc1ccccc1SC1CCC1. The molecule has 2 N–H and O–H groups in total. The predicted octanol–water partition coefficient (Wildman–Crippen LogP) is 3.61. The van der Waals surface area contributed by atoms with Crippen LogP contribution in [-0.4, -0.2) is 11.8 Å². The molecule has 0 amide bonds. The van der Waals surface area contributed by atoms with Crippen molar-refractivity contribution in [2.24, 2.45) is 5.73 Å². The molecule has 88 valence electrons. The molecule has 0 spiro atoms. The molecule has 1 aromatic carbocycles. The molecule has 16 heavy (non-hydrogen) atoms. The molecule has 0 unspecified atom stereocenters. The molecule has 0 aromatic heterocycles. The van der Waals surface area contributed by atoms with Gasteiger partial charge in [-0.25, -0.2) is 0 Å². The highest BCUT2D eigenvalue weighted by atomic mass is 32.2. The van der Waals surface area contributed by atoms with E-state index < -0.39 is 0 Å². The minimum atomic E-state index is 0.817.